The van der Waals surface area contributed by atoms with E-state index in [1.807, 2.05) is 38.1 Å². The molecule has 152 valence electrons. The Morgan fingerprint density at radius 1 is 1.14 bits per heavy atom. The van der Waals surface area contributed by atoms with Crippen molar-refractivity contribution in [2.24, 2.45) is 5.92 Å². The molecule has 29 heavy (non-hydrogen) atoms. The fraction of sp³-hybridized carbons (Fsp3) is 0.364. The van der Waals surface area contributed by atoms with Crippen LogP contribution < -0.4 is 0 Å². The van der Waals surface area contributed by atoms with Crippen molar-refractivity contribution in [2.45, 2.75) is 32.2 Å². The monoisotopic (exact) mass is 396 g/mol. The Bertz CT molecular complexity index is 908. The quantitative estimate of drug-likeness (QED) is 0.436. The molecule has 1 heterocycles. The zero-order chi connectivity index (χ0) is 21.1. The maximum absolute atomic E-state index is 13.0. The van der Waals surface area contributed by atoms with Gasteiger partial charge in [0.15, 0.2) is 0 Å². The molecule has 2 aromatic rings. The molecule has 0 aromatic heterocycles. The lowest BCUT2D eigenvalue weighted by atomic mass is 9.73. The molecule has 1 fully saturated rings. The highest BCUT2D eigenvalue weighted by molar-refractivity contribution is 5.84. The van der Waals surface area contributed by atoms with E-state index in [0.717, 1.165) is 11.1 Å². The lowest BCUT2D eigenvalue weighted by Crippen LogP contribution is -2.48. The first-order valence-corrected chi connectivity index (χ1v) is 9.55. The summed E-state index contributed by atoms with van der Waals surface area (Å²) in [6.45, 7) is 4.34. The molecule has 3 atom stereocenters. The second-order valence-electron chi connectivity index (χ2n) is 7.24. The van der Waals surface area contributed by atoms with Crippen LogP contribution in [-0.2, 0) is 14.3 Å². The number of ether oxygens (including phenoxy) is 1. The number of non-ortho nitro benzene ring substituents is 1. The molecule has 0 radical (unpaired) electrons. The molecule has 0 N–H and O–H groups in total. The van der Waals surface area contributed by atoms with Gasteiger partial charge in [0.2, 0.25) is 5.91 Å². The normalized spacial score (nSPS) is 21.7. The molecule has 0 saturated carbocycles. The summed E-state index contributed by atoms with van der Waals surface area (Å²) in [7, 11) is 1.34. The molecular formula is C22H24N2O5. The number of aryl methyl sites for hydroxylation is 1. The maximum atomic E-state index is 13.0. The second kappa shape index (κ2) is 8.43. The Morgan fingerprint density at radius 2 is 1.72 bits per heavy atom. The van der Waals surface area contributed by atoms with Crippen LogP contribution in [0.1, 0.15) is 42.0 Å². The topological polar surface area (TPSA) is 89.8 Å². The smallest absolute Gasteiger partial charge is 0.311 e. The van der Waals surface area contributed by atoms with Crippen LogP contribution in [0.2, 0.25) is 0 Å². The third kappa shape index (κ3) is 3.99. The number of benzene rings is 2. The van der Waals surface area contributed by atoms with E-state index in [4.69, 9.17) is 4.74 Å². The fourth-order valence-electron chi connectivity index (χ4n) is 4.12. The van der Waals surface area contributed by atoms with Crippen LogP contribution in [0.3, 0.4) is 0 Å². The predicted molar refractivity (Wildman–Crippen MR) is 107 cm³/mol. The highest BCUT2D eigenvalue weighted by Gasteiger charge is 2.47. The van der Waals surface area contributed by atoms with Gasteiger partial charge in [0.1, 0.15) is 0 Å². The summed E-state index contributed by atoms with van der Waals surface area (Å²) in [6.07, 6.45) is 0.147. The van der Waals surface area contributed by atoms with Gasteiger partial charge in [-0.2, -0.15) is 0 Å². The number of hydrogen-bond acceptors (Lipinski definition) is 5. The van der Waals surface area contributed by atoms with Crippen molar-refractivity contribution in [3.8, 4) is 0 Å². The number of amides is 1. The zero-order valence-electron chi connectivity index (χ0n) is 16.7. The van der Waals surface area contributed by atoms with Gasteiger partial charge in [-0.1, -0.05) is 42.0 Å². The van der Waals surface area contributed by atoms with E-state index in [-0.39, 0.29) is 18.0 Å². The van der Waals surface area contributed by atoms with E-state index in [9.17, 15) is 19.7 Å². The Morgan fingerprint density at radius 3 is 2.24 bits per heavy atom. The van der Waals surface area contributed by atoms with Gasteiger partial charge in [-0.25, -0.2) is 0 Å². The van der Waals surface area contributed by atoms with Crippen LogP contribution >= 0.6 is 0 Å². The van der Waals surface area contributed by atoms with Gasteiger partial charge in [-0.05, 0) is 25.0 Å². The Hall–Kier alpha value is -3.22. The number of methoxy groups -OCH3 is 1. The molecule has 1 aliphatic heterocycles. The number of rotatable bonds is 5. The minimum absolute atomic E-state index is 0.0317. The molecule has 7 heteroatoms. The molecule has 3 rings (SSSR count). The average molecular weight is 396 g/mol. The number of nitrogens with zero attached hydrogens (tertiary/aromatic N) is 2. The molecule has 7 nitrogen and oxygen atoms in total. The summed E-state index contributed by atoms with van der Waals surface area (Å²) in [6, 6.07) is 13.4. The van der Waals surface area contributed by atoms with Gasteiger partial charge in [0.25, 0.3) is 5.69 Å². The van der Waals surface area contributed by atoms with E-state index in [2.05, 4.69) is 0 Å². The van der Waals surface area contributed by atoms with Crippen molar-refractivity contribution < 1.29 is 19.2 Å². The molecule has 2 aromatic carbocycles. The summed E-state index contributed by atoms with van der Waals surface area (Å²) in [4.78, 5) is 38.1. The van der Waals surface area contributed by atoms with Crippen LogP contribution in [0.4, 0.5) is 5.69 Å². The molecular weight excluding hydrogens is 372 g/mol. The van der Waals surface area contributed by atoms with Crippen LogP contribution in [0.25, 0.3) is 0 Å². The van der Waals surface area contributed by atoms with Crippen molar-refractivity contribution >= 4 is 17.6 Å². The third-order valence-corrected chi connectivity index (χ3v) is 5.59. The number of piperidine rings is 1. The van der Waals surface area contributed by atoms with Gasteiger partial charge >= 0.3 is 5.97 Å². The highest BCUT2D eigenvalue weighted by Crippen LogP contribution is 2.45. The number of nitro benzene ring substituents is 1. The zero-order valence-corrected chi connectivity index (χ0v) is 16.7. The first-order chi connectivity index (χ1) is 13.9. The lowest BCUT2D eigenvalue weighted by molar-refractivity contribution is -0.384. The van der Waals surface area contributed by atoms with Crippen molar-refractivity contribution in [3.63, 3.8) is 0 Å². The van der Waals surface area contributed by atoms with E-state index in [1.165, 1.54) is 19.2 Å². The number of carbonyl (C=O) groups excluding carboxylic acids is 2. The summed E-state index contributed by atoms with van der Waals surface area (Å²) < 4.78 is 5.12. The number of carbonyl (C=O) groups is 2. The van der Waals surface area contributed by atoms with Crippen molar-refractivity contribution in [1.29, 1.82) is 0 Å². The minimum Gasteiger partial charge on any atom is -0.469 e. The Balaban J connectivity index is 2.10. The standard InChI is InChI=1S/C22H24N2O5/c1-4-23-19(25)13-18(15-9-11-17(12-10-15)24(27)28)20(22(26)29-3)21(23)16-7-5-14(2)6-8-16/h5-12,18,20-21H,4,13H2,1-3H3/t18-,20+,21-/m1/s1. The summed E-state index contributed by atoms with van der Waals surface area (Å²) in [5.41, 5.74) is 2.64. The SMILES string of the molecule is CCN1C(=O)C[C@H](c2ccc([N+](=O)[O-])cc2)[C@H](C(=O)OC)[C@H]1c1ccc(C)cc1. The van der Waals surface area contributed by atoms with Crippen molar-refractivity contribution in [2.75, 3.05) is 13.7 Å². The Kier molecular flexibility index (Phi) is 5.96. The molecule has 0 spiro atoms. The molecule has 1 saturated heterocycles. The molecule has 1 aliphatic rings. The number of nitro groups is 1. The van der Waals surface area contributed by atoms with E-state index < -0.39 is 28.8 Å². The maximum Gasteiger partial charge on any atom is 0.311 e. The predicted octanol–water partition coefficient (Wildman–Crippen LogP) is 3.77. The largest absolute Gasteiger partial charge is 0.469 e. The first kappa shape index (κ1) is 20.5. The summed E-state index contributed by atoms with van der Waals surface area (Å²) in [5.74, 6) is -1.49. The average Bonchev–Trinajstić information content (AvgIpc) is 2.73. The number of likely N-dealkylation sites (tertiary alicyclic amines) is 1. The second-order valence-corrected chi connectivity index (χ2v) is 7.24. The third-order valence-electron chi connectivity index (χ3n) is 5.59. The van der Waals surface area contributed by atoms with E-state index in [0.29, 0.717) is 12.1 Å². The minimum atomic E-state index is -0.609. The van der Waals surface area contributed by atoms with E-state index >= 15 is 0 Å². The number of hydrogen-bond donors (Lipinski definition) is 0. The summed E-state index contributed by atoms with van der Waals surface area (Å²) in [5, 5.41) is 11.0. The highest BCUT2D eigenvalue weighted by atomic mass is 16.6. The van der Waals surface area contributed by atoms with Crippen molar-refractivity contribution in [1.82, 2.24) is 4.90 Å². The van der Waals surface area contributed by atoms with Crippen LogP contribution in [0.15, 0.2) is 48.5 Å². The van der Waals surface area contributed by atoms with Gasteiger partial charge in [0.05, 0.1) is 24.0 Å². The Labute approximate surface area is 169 Å². The van der Waals surface area contributed by atoms with Gasteiger partial charge < -0.3 is 9.64 Å². The lowest BCUT2D eigenvalue weighted by Gasteiger charge is -2.44. The van der Waals surface area contributed by atoms with E-state index in [1.54, 1.807) is 17.0 Å². The molecule has 0 aliphatic carbocycles. The van der Waals surface area contributed by atoms with Gasteiger partial charge in [0, 0.05) is 31.0 Å². The summed E-state index contributed by atoms with van der Waals surface area (Å²) >= 11 is 0. The molecule has 0 bridgehead atoms. The number of esters is 1. The fourth-order valence-corrected chi connectivity index (χ4v) is 4.12. The van der Waals surface area contributed by atoms with Crippen molar-refractivity contribution in [3.05, 3.63) is 75.3 Å². The van der Waals surface area contributed by atoms with Crippen LogP contribution in [0, 0.1) is 23.0 Å². The molecule has 1 amide bonds. The van der Waals surface area contributed by atoms with Crippen LogP contribution in [0.5, 0.6) is 0 Å². The van der Waals surface area contributed by atoms with Crippen LogP contribution in [-0.4, -0.2) is 35.4 Å². The first-order valence-electron chi connectivity index (χ1n) is 9.55. The molecule has 0 unspecified atom stereocenters. The van der Waals surface area contributed by atoms with Gasteiger partial charge in [-0.15, -0.1) is 0 Å². The van der Waals surface area contributed by atoms with Gasteiger partial charge in [-0.3, -0.25) is 19.7 Å².